The average molecular weight is 296 g/mol. The van der Waals surface area contributed by atoms with Crippen LogP contribution in [0.15, 0.2) is 76.7 Å². The molecule has 3 aromatic rings. The number of hydrogen-bond donors (Lipinski definition) is 1. The Labute approximate surface area is 128 Å². The molecule has 1 unspecified atom stereocenters. The third-order valence-electron chi connectivity index (χ3n) is 3.24. The number of aromatic nitrogens is 1. The number of oxazole rings is 1. The molecule has 0 radical (unpaired) electrons. The van der Waals surface area contributed by atoms with Crippen LogP contribution < -0.4 is 5.73 Å². The highest BCUT2D eigenvalue weighted by molar-refractivity contribution is 7.99. The minimum absolute atomic E-state index is 0.0354. The van der Waals surface area contributed by atoms with Gasteiger partial charge in [0.15, 0.2) is 0 Å². The van der Waals surface area contributed by atoms with Gasteiger partial charge in [-0.25, -0.2) is 4.98 Å². The molecule has 1 atom stereocenters. The molecule has 3 rings (SSSR count). The van der Waals surface area contributed by atoms with E-state index in [2.05, 4.69) is 41.4 Å². The van der Waals surface area contributed by atoms with Gasteiger partial charge in [-0.2, -0.15) is 0 Å². The van der Waals surface area contributed by atoms with Crippen molar-refractivity contribution < 1.29 is 4.42 Å². The zero-order valence-electron chi connectivity index (χ0n) is 11.5. The van der Waals surface area contributed by atoms with Crippen LogP contribution in [0.25, 0.3) is 11.1 Å². The monoisotopic (exact) mass is 296 g/mol. The largest absolute Gasteiger partial charge is 0.440 e. The number of nitrogens with two attached hydrogens (primary N) is 1. The smallest absolute Gasteiger partial charge is 0.255 e. The average Bonchev–Trinajstić information content (AvgIpc) is 3.07. The lowest BCUT2D eigenvalue weighted by Gasteiger charge is -2.11. The first-order valence-corrected chi connectivity index (χ1v) is 7.75. The van der Waals surface area contributed by atoms with Crippen molar-refractivity contribution >= 4 is 11.8 Å². The Kier molecular flexibility index (Phi) is 4.38. The molecule has 2 N–H and O–H groups in total. The summed E-state index contributed by atoms with van der Waals surface area (Å²) in [7, 11) is 0. The Bertz CT molecular complexity index is 666. The molecule has 3 nitrogen and oxygen atoms in total. The molecule has 0 bridgehead atoms. The van der Waals surface area contributed by atoms with E-state index in [1.807, 2.05) is 18.2 Å². The normalized spacial score (nSPS) is 12.2. The van der Waals surface area contributed by atoms with Crippen molar-refractivity contribution in [2.75, 3.05) is 5.75 Å². The Balaban J connectivity index is 1.66. The van der Waals surface area contributed by atoms with E-state index in [1.54, 1.807) is 12.5 Å². The molecule has 0 spiro atoms. The van der Waals surface area contributed by atoms with Crippen molar-refractivity contribution in [3.05, 3.63) is 72.6 Å². The van der Waals surface area contributed by atoms with E-state index in [1.165, 1.54) is 22.9 Å². The molecule has 0 aliphatic heterocycles. The SMILES string of the molecule is NC(CSc1ncco1)c1ccc(-c2ccccc2)cc1. The highest BCUT2D eigenvalue weighted by atomic mass is 32.2. The second-order valence-electron chi connectivity index (χ2n) is 4.70. The highest BCUT2D eigenvalue weighted by Crippen LogP contribution is 2.24. The van der Waals surface area contributed by atoms with E-state index >= 15 is 0 Å². The first-order chi connectivity index (χ1) is 10.3. The summed E-state index contributed by atoms with van der Waals surface area (Å²) in [5, 5.41) is 0.659. The molecular formula is C17H16N2OS. The summed E-state index contributed by atoms with van der Waals surface area (Å²) in [6, 6.07) is 18.7. The minimum atomic E-state index is -0.0354. The lowest BCUT2D eigenvalue weighted by Crippen LogP contribution is -2.12. The van der Waals surface area contributed by atoms with Gasteiger partial charge in [-0.1, -0.05) is 66.4 Å². The summed E-state index contributed by atoms with van der Waals surface area (Å²) in [5.41, 5.74) is 9.74. The second kappa shape index (κ2) is 6.61. The second-order valence-corrected chi connectivity index (χ2v) is 5.67. The van der Waals surface area contributed by atoms with E-state index in [4.69, 9.17) is 10.2 Å². The molecule has 1 aromatic heterocycles. The Morgan fingerprint density at radius 1 is 1.00 bits per heavy atom. The maximum atomic E-state index is 6.21. The van der Waals surface area contributed by atoms with E-state index in [0.29, 0.717) is 5.22 Å². The van der Waals surface area contributed by atoms with Gasteiger partial charge < -0.3 is 10.2 Å². The third kappa shape index (κ3) is 3.54. The molecule has 0 saturated carbocycles. The van der Waals surface area contributed by atoms with Crippen molar-refractivity contribution in [3.63, 3.8) is 0 Å². The van der Waals surface area contributed by atoms with E-state index in [-0.39, 0.29) is 6.04 Å². The molecule has 0 saturated heterocycles. The van der Waals surface area contributed by atoms with Crippen LogP contribution in [0, 0.1) is 0 Å². The van der Waals surface area contributed by atoms with Crippen LogP contribution in [0.2, 0.25) is 0 Å². The molecule has 0 aliphatic rings. The van der Waals surface area contributed by atoms with Crippen molar-refractivity contribution in [3.8, 4) is 11.1 Å². The first kappa shape index (κ1) is 13.9. The molecule has 21 heavy (non-hydrogen) atoms. The molecule has 0 aliphatic carbocycles. The highest BCUT2D eigenvalue weighted by Gasteiger charge is 2.09. The van der Waals surface area contributed by atoms with Gasteiger partial charge in [0.25, 0.3) is 5.22 Å². The number of nitrogens with zero attached hydrogens (tertiary/aromatic N) is 1. The van der Waals surface area contributed by atoms with Crippen LogP contribution in [0.5, 0.6) is 0 Å². The Hall–Kier alpha value is -2.04. The van der Waals surface area contributed by atoms with Crippen LogP contribution in [0.1, 0.15) is 11.6 Å². The van der Waals surface area contributed by atoms with Gasteiger partial charge in [-0.3, -0.25) is 0 Å². The summed E-state index contributed by atoms with van der Waals surface area (Å²) in [5.74, 6) is 0.741. The number of benzene rings is 2. The summed E-state index contributed by atoms with van der Waals surface area (Å²) in [6.45, 7) is 0. The van der Waals surface area contributed by atoms with Gasteiger partial charge in [-0.15, -0.1) is 0 Å². The fraction of sp³-hybridized carbons (Fsp3) is 0.118. The predicted octanol–water partition coefficient (Wildman–Crippen LogP) is 4.13. The maximum absolute atomic E-state index is 6.21. The van der Waals surface area contributed by atoms with Crippen LogP contribution in [0.4, 0.5) is 0 Å². The number of hydrogen-bond acceptors (Lipinski definition) is 4. The molecule has 0 fully saturated rings. The fourth-order valence-electron chi connectivity index (χ4n) is 2.09. The predicted molar refractivity (Wildman–Crippen MR) is 86.0 cm³/mol. The Morgan fingerprint density at radius 2 is 1.71 bits per heavy atom. The van der Waals surface area contributed by atoms with Crippen LogP contribution in [0.3, 0.4) is 0 Å². The molecular weight excluding hydrogens is 280 g/mol. The summed E-state index contributed by atoms with van der Waals surface area (Å²) < 4.78 is 5.19. The van der Waals surface area contributed by atoms with Crippen molar-refractivity contribution in [1.82, 2.24) is 4.98 Å². The summed E-state index contributed by atoms with van der Waals surface area (Å²) in [6.07, 6.45) is 3.21. The lowest BCUT2D eigenvalue weighted by atomic mass is 10.0. The van der Waals surface area contributed by atoms with E-state index < -0.39 is 0 Å². The van der Waals surface area contributed by atoms with Crippen molar-refractivity contribution in [1.29, 1.82) is 0 Å². The van der Waals surface area contributed by atoms with Gasteiger partial charge in [-0.05, 0) is 16.7 Å². The van der Waals surface area contributed by atoms with Gasteiger partial charge in [0.1, 0.15) is 6.26 Å². The zero-order chi connectivity index (χ0) is 14.5. The van der Waals surface area contributed by atoms with Gasteiger partial charge in [0.05, 0.1) is 6.20 Å². The fourth-order valence-corrected chi connectivity index (χ4v) is 2.87. The first-order valence-electron chi connectivity index (χ1n) is 6.76. The van der Waals surface area contributed by atoms with Crippen molar-refractivity contribution in [2.45, 2.75) is 11.3 Å². The van der Waals surface area contributed by atoms with Crippen LogP contribution in [-0.4, -0.2) is 10.7 Å². The quantitative estimate of drug-likeness (QED) is 0.719. The number of rotatable bonds is 5. The summed E-state index contributed by atoms with van der Waals surface area (Å²) in [4.78, 5) is 4.08. The van der Waals surface area contributed by atoms with Crippen LogP contribution >= 0.6 is 11.8 Å². The van der Waals surface area contributed by atoms with E-state index in [0.717, 1.165) is 11.3 Å². The standard InChI is InChI=1S/C17H16N2OS/c18-16(12-21-17-19-10-11-20-17)15-8-6-14(7-9-15)13-4-2-1-3-5-13/h1-11,16H,12,18H2. The third-order valence-corrected chi connectivity index (χ3v) is 4.22. The maximum Gasteiger partial charge on any atom is 0.255 e. The molecule has 2 aromatic carbocycles. The van der Waals surface area contributed by atoms with Crippen LogP contribution in [-0.2, 0) is 0 Å². The molecule has 1 heterocycles. The van der Waals surface area contributed by atoms with Gasteiger partial charge >= 0.3 is 0 Å². The number of thioether (sulfide) groups is 1. The molecule has 4 heteroatoms. The Morgan fingerprint density at radius 3 is 2.38 bits per heavy atom. The minimum Gasteiger partial charge on any atom is -0.440 e. The summed E-state index contributed by atoms with van der Waals surface area (Å²) >= 11 is 1.53. The molecule has 0 amide bonds. The van der Waals surface area contributed by atoms with E-state index in [9.17, 15) is 0 Å². The molecule has 106 valence electrons. The topological polar surface area (TPSA) is 52.0 Å². The zero-order valence-corrected chi connectivity index (χ0v) is 12.3. The lowest BCUT2D eigenvalue weighted by molar-refractivity contribution is 0.454. The van der Waals surface area contributed by atoms with Gasteiger partial charge in [0, 0.05) is 11.8 Å². The van der Waals surface area contributed by atoms with Gasteiger partial charge in [0.2, 0.25) is 0 Å². The van der Waals surface area contributed by atoms with Crippen molar-refractivity contribution in [2.24, 2.45) is 5.73 Å².